The van der Waals surface area contributed by atoms with Crippen molar-refractivity contribution < 1.29 is 15.0 Å². The summed E-state index contributed by atoms with van der Waals surface area (Å²) in [5, 5.41) is 19.6. The Bertz CT molecular complexity index is 242. The van der Waals surface area contributed by atoms with Crippen molar-refractivity contribution in [3.63, 3.8) is 0 Å². The number of aliphatic hydroxyl groups is 1. The van der Waals surface area contributed by atoms with E-state index in [0.29, 0.717) is 13.0 Å². The number of carboxylic acids is 1. The summed E-state index contributed by atoms with van der Waals surface area (Å²) in [5.41, 5.74) is -1.08. The molecular weight excluding hydrogens is 194 g/mol. The highest BCUT2D eigenvalue weighted by Crippen LogP contribution is 2.36. The molecule has 3 unspecified atom stereocenters. The largest absolute Gasteiger partial charge is 0.481 e. The zero-order valence-electron chi connectivity index (χ0n) is 9.90. The summed E-state index contributed by atoms with van der Waals surface area (Å²) in [6, 6.07) is 0.246. The van der Waals surface area contributed by atoms with Crippen LogP contribution in [0.3, 0.4) is 0 Å². The molecule has 2 N–H and O–H groups in total. The number of carboxylic acid groups (broad SMARTS) is 1. The molecule has 3 atom stereocenters. The third-order valence-corrected chi connectivity index (χ3v) is 3.44. The van der Waals surface area contributed by atoms with E-state index in [9.17, 15) is 9.90 Å². The van der Waals surface area contributed by atoms with E-state index in [2.05, 4.69) is 0 Å². The quantitative estimate of drug-likeness (QED) is 0.731. The summed E-state index contributed by atoms with van der Waals surface area (Å²) in [6.45, 7) is 6.15. The molecule has 0 aromatic rings. The van der Waals surface area contributed by atoms with E-state index in [1.54, 1.807) is 0 Å². The fraction of sp³-hybridized carbons (Fsp3) is 0.909. The molecule has 0 spiro atoms. The Morgan fingerprint density at radius 1 is 1.53 bits per heavy atom. The van der Waals surface area contributed by atoms with E-state index < -0.39 is 17.5 Å². The van der Waals surface area contributed by atoms with Gasteiger partial charge in [-0.25, -0.2) is 0 Å². The molecule has 4 heteroatoms. The molecule has 1 rings (SSSR count). The fourth-order valence-corrected chi connectivity index (χ4v) is 2.68. The number of likely N-dealkylation sites (tertiary alicyclic amines) is 1. The number of carbonyl (C=O) groups is 1. The minimum atomic E-state index is -1.08. The van der Waals surface area contributed by atoms with Gasteiger partial charge < -0.3 is 15.1 Å². The average molecular weight is 215 g/mol. The molecule has 0 aromatic carbocycles. The lowest BCUT2D eigenvalue weighted by Gasteiger charge is -2.32. The van der Waals surface area contributed by atoms with Gasteiger partial charge in [0.1, 0.15) is 0 Å². The van der Waals surface area contributed by atoms with Gasteiger partial charge in [0, 0.05) is 12.6 Å². The maximum Gasteiger partial charge on any atom is 0.309 e. The van der Waals surface area contributed by atoms with E-state index in [1.807, 2.05) is 32.7 Å². The lowest BCUT2D eigenvalue weighted by molar-refractivity contribution is -0.154. The standard InChI is InChI=1S/C11H21NO3/c1-7(2)9(10(13)14)11(15)5-8(3)12(4)6-11/h7-9,15H,5-6H2,1-4H3,(H,13,14). The van der Waals surface area contributed by atoms with E-state index >= 15 is 0 Å². The Labute approximate surface area is 90.9 Å². The Kier molecular flexibility index (Phi) is 3.41. The summed E-state index contributed by atoms with van der Waals surface area (Å²) in [4.78, 5) is 13.2. The summed E-state index contributed by atoms with van der Waals surface area (Å²) in [5.74, 6) is -1.62. The van der Waals surface area contributed by atoms with Crippen LogP contribution < -0.4 is 0 Å². The summed E-state index contributed by atoms with van der Waals surface area (Å²) < 4.78 is 0. The van der Waals surface area contributed by atoms with E-state index in [-0.39, 0.29) is 12.0 Å². The van der Waals surface area contributed by atoms with Crippen LogP contribution in [0.4, 0.5) is 0 Å². The maximum atomic E-state index is 11.2. The molecule has 0 saturated carbocycles. The molecule has 0 aliphatic carbocycles. The highest BCUT2D eigenvalue weighted by molar-refractivity contribution is 5.72. The summed E-state index contributed by atoms with van der Waals surface area (Å²) in [7, 11) is 1.92. The van der Waals surface area contributed by atoms with Gasteiger partial charge in [0.25, 0.3) is 0 Å². The monoisotopic (exact) mass is 215 g/mol. The number of aliphatic carboxylic acids is 1. The Hall–Kier alpha value is -0.610. The van der Waals surface area contributed by atoms with Crippen molar-refractivity contribution in [1.29, 1.82) is 0 Å². The SMILES string of the molecule is CC(C)C(C(=O)O)C1(O)CC(C)N(C)C1. The molecule has 1 aliphatic heterocycles. The number of nitrogens with zero attached hydrogens (tertiary/aromatic N) is 1. The highest BCUT2D eigenvalue weighted by Gasteiger charge is 2.49. The van der Waals surface area contributed by atoms with E-state index in [0.717, 1.165) is 0 Å². The number of β-amino-alcohol motifs (C(OH)–C–C–N with tert-alkyl or cyclic N) is 1. The minimum Gasteiger partial charge on any atom is -0.481 e. The summed E-state index contributed by atoms with van der Waals surface area (Å²) >= 11 is 0. The fourth-order valence-electron chi connectivity index (χ4n) is 2.68. The maximum absolute atomic E-state index is 11.2. The predicted octanol–water partition coefficient (Wildman–Crippen LogP) is 0.798. The van der Waals surface area contributed by atoms with E-state index in [4.69, 9.17) is 5.11 Å². The molecule has 0 amide bonds. The van der Waals surface area contributed by atoms with Gasteiger partial charge in [0.05, 0.1) is 11.5 Å². The van der Waals surface area contributed by atoms with Gasteiger partial charge in [-0.3, -0.25) is 4.79 Å². The zero-order valence-corrected chi connectivity index (χ0v) is 9.90. The predicted molar refractivity (Wildman–Crippen MR) is 57.6 cm³/mol. The average Bonchev–Trinajstić information content (AvgIpc) is 2.23. The lowest BCUT2D eigenvalue weighted by atomic mass is 9.78. The van der Waals surface area contributed by atoms with Crippen LogP contribution in [-0.2, 0) is 4.79 Å². The van der Waals surface area contributed by atoms with Gasteiger partial charge >= 0.3 is 5.97 Å². The number of hydrogen-bond donors (Lipinski definition) is 2. The molecule has 0 radical (unpaired) electrons. The van der Waals surface area contributed by atoms with Crippen molar-refractivity contribution in [2.45, 2.75) is 38.8 Å². The third kappa shape index (κ3) is 2.32. The molecule has 4 nitrogen and oxygen atoms in total. The van der Waals surface area contributed by atoms with Crippen LogP contribution in [0.1, 0.15) is 27.2 Å². The second kappa shape index (κ2) is 4.10. The minimum absolute atomic E-state index is 0.0498. The van der Waals surface area contributed by atoms with Gasteiger partial charge in [-0.2, -0.15) is 0 Å². The molecule has 88 valence electrons. The third-order valence-electron chi connectivity index (χ3n) is 3.44. The molecule has 1 heterocycles. The Morgan fingerprint density at radius 2 is 2.07 bits per heavy atom. The Balaban J connectivity index is 2.89. The van der Waals surface area contributed by atoms with Gasteiger partial charge in [-0.15, -0.1) is 0 Å². The molecule has 0 bridgehead atoms. The van der Waals surface area contributed by atoms with Crippen molar-refractivity contribution in [2.24, 2.45) is 11.8 Å². The van der Waals surface area contributed by atoms with Crippen molar-refractivity contribution in [3.05, 3.63) is 0 Å². The second-order valence-corrected chi connectivity index (χ2v) is 5.13. The first kappa shape index (κ1) is 12.5. The van der Waals surface area contributed by atoms with Gasteiger partial charge in [0.2, 0.25) is 0 Å². The van der Waals surface area contributed by atoms with E-state index in [1.165, 1.54) is 0 Å². The van der Waals surface area contributed by atoms with Crippen LogP contribution in [0.15, 0.2) is 0 Å². The molecule has 15 heavy (non-hydrogen) atoms. The molecule has 1 saturated heterocycles. The normalized spacial score (nSPS) is 34.7. The van der Waals surface area contributed by atoms with Crippen LogP contribution in [0.2, 0.25) is 0 Å². The van der Waals surface area contributed by atoms with Crippen LogP contribution in [0.25, 0.3) is 0 Å². The Morgan fingerprint density at radius 3 is 2.33 bits per heavy atom. The second-order valence-electron chi connectivity index (χ2n) is 5.13. The van der Waals surface area contributed by atoms with Crippen LogP contribution in [-0.4, -0.2) is 46.3 Å². The van der Waals surface area contributed by atoms with Gasteiger partial charge in [-0.1, -0.05) is 13.8 Å². The van der Waals surface area contributed by atoms with Crippen LogP contribution in [0.5, 0.6) is 0 Å². The molecule has 1 fully saturated rings. The number of hydrogen-bond acceptors (Lipinski definition) is 3. The van der Waals surface area contributed by atoms with Crippen molar-refractivity contribution >= 4 is 5.97 Å². The number of likely N-dealkylation sites (N-methyl/N-ethyl adjacent to an activating group) is 1. The molecule has 1 aliphatic rings. The lowest BCUT2D eigenvalue weighted by Crippen LogP contribution is -2.47. The number of rotatable bonds is 3. The zero-order chi connectivity index (χ0) is 11.8. The topological polar surface area (TPSA) is 60.8 Å². The summed E-state index contributed by atoms with van der Waals surface area (Å²) in [6.07, 6.45) is 0.540. The molecule has 0 aromatic heterocycles. The van der Waals surface area contributed by atoms with Crippen LogP contribution >= 0.6 is 0 Å². The first-order valence-corrected chi connectivity index (χ1v) is 5.43. The molecular formula is C11H21NO3. The highest BCUT2D eigenvalue weighted by atomic mass is 16.4. The van der Waals surface area contributed by atoms with Crippen LogP contribution in [0, 0.1) is 11.8 Å². The van der Waals surface area contributed by atoms with Crippen molar-refractivity contribution in [1.82, 2.24) is 4.90 Å². The van der Waals surface area contributed by atoms with Crippen molar-refractivity contribution in [2.75, 3.05) is 13.6 Å². The first-order chi connectivity index (χ1) is 6.78. The smallest absolute Gasteiger partial charge is 0.309 e. The van der Waals surface area contributed by atoms with Gasteiger partial charge in [-0.05, 0) is 26.3 Å². The first-order valence-electron chi connectivity index (χ1n) is 5.43. The van der Waals surface area contributed by atoms with Gasteiger partial charge in [0.15, 0.2) is 0 Å². The van der Waals surface area contributed by atoms with Crippen molar-refractivity contribution in [3.8, 4) is 0 Å².